The van der Waals surface area contributed by atoms with E-state index in [2.05, 4.69) is 15.9 Å². The van der Waals surface area contributed by atoms with E-state index in [1.54, 1.807) is 12.3 Å². The lowest BCUT2D eigenvalue weighted by Gasteiger charge is -1.88. The van der Waals surface area contributed by atoms with E-state index in [4.69, 9.17) is 5.11 Å². The molecule has 0 saturated carbocycles. The highest BCUT2D eigenvalue weighted by Crippen LogP contribution is 2.25. The summed E-state index contributed by atoms with van der Waals surface area (Å²) in [4.78, 5) is 10.8. The molecule has 1 rings (SSSR count). The molecule has 0 aliphatic heterocycles. The van der Waals surface area contributed by atoms with E-state index in [9.17, 15) is 4.79 Å². The van der Waals surface area contributed by atoms with Crippen LogP contribution in [0.3, 0.4) is 0 Å². The molecular weight excluding hydrogens is 216 g/mol. The SMILES string of the molecule is Cc1c(Br)csc1C(=O)O. The molecule has 0 bridgehead atoms. The molecule has 0 saturated heterocycles. The highest BCUT2D eigenvalue weighted by molar-refractivity contribution is 9.10. The minimum atomic E-state index is -0.854. The van der Waals surface area contributed by atoms with Crippen molar-refractivity contribution in [1.82, 2.24) is 0 Å². The first kappa shape index (κ1) is 7.75. The van der Waals surface area contributed by atoms with Gasteiger partial charge in [0.1, 0.15) is 4.88 Å². The Hall–Kier alpha value is -0.350. The highest BCUT2D eigenvalue weighted by Gasteiger charge is 2.10. The molecule has 0 spiro atoms. The van der Waals surface area contributed by atoms with Crippen LogP contribution in [0.2, 0.25) is 0 Å². The second kappa shape index (κ2) is 2.72. The largest absolute Gasteiger partial charge is 0.477 e. The summed E-state index contributed by atoms with van der Waals surface area (Å²) in [5, 5.41) is 10.3. The molecular formula is C6H5BrO2S. The van der Waals surface area contributed by atoms with Crippen molar-refractivity contribution in [3.8, 4) is 0 Å². The predicted octanol–water partition coefficient (Wildman–Crippen LogP) is 2.52. The highest BCUT2D eigenvalue weighted by atomic mass is 79.9. The summed E-state index contributed by atoms with van der Waals surface area (Å²) in [5.74, 6) is -0.854. The normalized spacial score (nSPS) is 9.80. The van der Waals surface area contributed by atoms with Gasteiger partial charge in [0, 0.05) is 9.85 Å². The number of hydrogen-bond donors (Lipinski definition) is 1. The minimum Gasteiger partial charge on any atom is -0.477 e. The molecule has 1 N–H and O–H groups in total. The lowest BCUT2D eigenvalue weighted by atomic mass is 10.3. The minimum absolute atomic E-state index is 0.409. The van der Waals surface area contributed by atoms with Crippen molar-refractivity contribution < 1.29 is 9.90 Å². The number of halogens is 1. The number of thiophene rings is 1. The molecule has 2 nitrogen and oxygen atoms in total. The summed E-state index contributed by atoms with van der Waals surface area (Å²) in [6.45, 7) is 1.78. The van der Waals surface area contributed by atoms with Crippen LogP contribution >= 0.6 is 27.3 Å². The first-order valence-electron chi connectivity index (χ1n) is 2.60. The van der Waals surface area contributed by atoms with Crippen LogP contribution in [0, 0.1) is 6.92 Å². The van der Waals surface area contributed by atoms with Crippen molar-refractivity contribution in [1.29, 1.82) is 0 Å². The van der Waals surface area contributed by atoms with Crippen molar-refractivity contribution in [3.05, 3.63) is 20.3 Å². The van der Waals surface area contributed by atoms with Crippen LogP contribution in [0.4, 0.5) is 0 Å². The molecule has 0 unspecified atom stereocenters. The fourth-order valence-corrected chi connectivity index (χ4v) is 2.00. The van der Waals surface area contributed by atoms with E-state index < -0.39 is 5.97 Å². The van der Waals surface area contributed by atoms with Gasteiger partial charge in [-0.1, -0.05) is 0 Å². The van der Waals surface area contributed by atoms with Crippen molar-refractivity contribution in [2.75, 3.05) is 0 Å². The zero-order valence-corrected chi connectivity index (χ0v) is 7.62. The first-order chi connectivity index (χ1) is 4.63. The number of aromatic carboxylic acids is 1. The number of carbonyl (C=O) groups is 1. The maximum atomic E-state index is 10.4. The van der Waals surface area contributed by atoms with Gasteiger partial charge in [0.05, 0.1) is 0 Å². The summed E-state index contributed by atoms with van der Waals surface area (Å²) >= 11 is 4.47. The van der Waals surface area contributed by atoms with Crippen molar-refractivity contribution in [3.63, 3.8) is 0 Å². The van der Waals surface area contributed by atoms with E-state index in [1.807, 2.05) is 0 Å². The zero-order chi connectivity index (χ0) is 7.72. The molecule has 4 heteroatoms. The second-order valence-electron chi connectivity index (χ2n) is 1.84. The Kier molecular flexibility index (Phi) is 2.11. The Balaban J connectivity index is 3.17. The number of carboxylic acids is 1. The quantitative estimate of drug-likeness (QED) is 0.790. The van der Waals surface area contributed by atoms with Gasteiger partial charge in [0.25, 0.3) is 0 Å². The van der Waals surface area contributed by atoms with E-state index in [0.29, 0.717) is 4.88 Å². The summed E-state index contributed by atoms with van der Waals surface area (Å²) in [6.07, 6.45) is 0. The molecule has 0 amide bonds. The lowest BCUT2D eigenvalue weighted by Crippen LogP contribution is -1.93. The lowest BCUT2D eigenvalue weighted by molar-refractivity contribution is 0.0701. The fourth-order valence-electron chi connectivity index (χ4n) is 0.607. The molecule has 0 atom stereocenters. The summed E-state index contributed by atoms with van der Waals surface area (Å²) in [5.41, 5.74) is 0.803. The molecule has 10 heavy (non-hydrogen) atoms. The van der Waals surface area contributed by atoms with Crippen molar-refractivity contribution >= 4 is 33.2 Å². The average molecular weight is 221 g/mol. The molecule has 1 aromatic heterocycles. The van der Waals surface area contributed by atoms with Gasteiger partial charge in [-0.25, -0.2) is 4.79 Å². The molecule has 0 fully saturated rings. The number of rotatable bonds is 1. The average Bonchev–Trinajstić information content (AvgIpc) is 2.14. The molecule has 54 valence electrons. The van der Waals surface area contributed by atoms with E-state index >= 15 is 0 Å². The van der Waals surface area contributed by atoms with Crippen LogP contribution in [-0.2, 0) is 0 Å². The Morgan fingerprint density at radius 3 is 2.60 bits per heavy atom. The molecule has 1 heterocycles. The monoisotopic (exact) mass is 220 g/mol. The molecule has 1 aromatic rings. The van der Waals surface area contributed by atoms with Gasteiger partial charge in [-0.2, -0.15) is 0 Å². The topological polar surface area (TPSA) is 37.3 Å². The Labute approximate surface area is 70.6 Å². The summed E-state index contributed by atoms with van der Waals surface area (Å²) < 4.78 is 0.870. The Bertz CT molecular complexity index is 267. The number of carboxylic acid groups (broad SMARTS) is 1. The first-order valence-corrected chi connectivity index (χ1v) is 4.27. The van der Waals surface area contributed by atoms with E-state index in [1.165, 1.54) is 11.3 Å². The third-order valence-electron chi connectivity index (χ3n) is 1.17. The maximum Gasteiger partial charge on any atom is 0.346 e. The maximum absolute atomic E-state index is 10.4. The van der Waals surface area contributed by atoms with Gasteiger partial charge >= 0.3 is 5.97 Å². The standard InChI is InChI=1S/C6H5BrO2S/c1-3-4(7)2-10-5(3)6(8)9/h2H,1H3,(H,8,9). The van der Waals surface area contributed by atoms with Crippen LogP contribution < -0.4 is 0 Å². The Morgan fingerprint density at radius 1 is 1.80 bits per heavy atom. The van der Waals surface area contributed by atoms with E-state index in [0.717, 1.165) is 10.0 Å². The predicted molar refractivity (Wildman–Crippen MR) is 43.7 cm³/mol. The summed E-state index contributed by atoms with van der Waals surface area (Å²) in [6, 6.07) is 0. The van der Waals surface area contributed by atoms with Crippen LogP contribution in [0.1, 0.15) is 15.2 Å². The van der Waals surface area contributed by atoms with Crippen LogP contribution in [0.15, 0.2) is 9.85 Å². The third-order valence-corrected chi connectivity index (χ3v) is 3.37. The summed E-state index contributed by atoms with van der Waals surface area (Å²) in [7, 11) is 0. The smallest absolute Gasteiger partial charge is 0.346 e. The van der Waals surface area contributed by atoms with E-state index in [-0.39, 0.29) is 0 Å². The van der Waals surface area contributed by atoms with Crippen molar-refractivity contribution in [2.45, 2.75) is 6.92 Å². The van der Waals surface area contributed by atoms with Gasteiger partial charge < -0.3 is 5.11 Å². The van der Waals surface area contributed by atoms with Crippen molar-refractivity contribution in [2.24, 2.45) is 0 Å². The Morgan fingerprint density at radius 2 is 2.40 bits per heavy atom. The fraction of sp³-hybridized carbons (Fsp3) is 0.167. The van der Waals surface area contributed by atoms with Gasteiger partial charge in [0.15, 0.2) is 0 Å². The molecule has 0 radical (unpaired) electrons. The van der Waals surface area contributed by atoms with Gasteiger partial charge in [-0.15, -0.1) is 11.3 Å². The third kappa shape index (κ3) is 1.22. The van der Waals surface area contributed by atoms with Gasteiger partial charge in [-0.05, 0) is 28.4 Å². The van der Waals surface area contributed by atoms with Crippen LogP contribution in [0.25, 0.3) is 0 Å². The van der Waals surface area contributed by atoms with Gasteiger partial charge in [-0.3, -0.25) is 0 Å². The molecule has 0 aliphatic rings. The zero-order valence-electron chi connectivity index (χ0n) is 5.22. The number of hydrogen-bond acceptors (Lipinski definition) is 2. The molecule has 0 aromatic carbocycles. The second-order valence-corrected chi connectivity index (χ2v) is 3.58. The van der Waals surface area contributed by atoms with Gasteiger partial charge in [0.2, 0.25) is 0 Å². The van der Waals surface area contributed by atoms with Crippen LogP contribution in [0.5, 0.6) is 0 Å². The van der Waals surface area contributed by atoms with Crippen LogP contribution in [-0.4, -0.2) is 11.1 Å². The molecule has 0 aliphatic carbocycles.